The molecule has 0 N–H and O–H groups in total. The van der Waals surface area contributed by atoms with E-state index in [1.54, 1.807) is 65.7 Å². The summed E-state index contributed by atoms with van der Waals surface area (Å²) in [5, 5.41) is -0.800. The first-order valence-electron chi connectivity index (χ1n) is 8.85. The minimum absolute atomic E-state index is 0.103. The van der Waals surface area contributed by atoms with Gasteiger partial charge in [-0.25, -0.2) is 8.42 Å². The largest absolute Gasteiger partial charge is 0.362 e. The zero-order valence-corrected chi connectivity index (χ0v) is 15.4. The highest BCUT2D eigenvalue weighted by molar-refractivity contribution is 7.92. The summed E-state index contributed by atoms with van der Waals surface area (Å²) in [5.74, 6) is -0.234. The maximum atomic E-state index is 13.2. The second-order valence-electron chi connectivity index (χ2n) is 6.88. The summed E-state index contributed by atoms with van der Waals surface area (Å²) in [6, 6.07) is 16.0. The summed E-state index contributed by atoms with van der Waals surface area (Å²) in [6.07, 6.45) is 3.29. The lowest BCUT2D eigenvalue weighted by atomic mass is 10.0. The molecule has 0 aliphatic carbocycles. The van der Waals surface area contributed by atoms with E-state index < -0.39 is 27.2 Å². The van der Waals surface area contributed by atoms with Gasteiger partial charge in [0.1, 0.15) is 0 Å². The maximum Gasteiger partial charge on any atom is 0.185 e. The average molecular weight is 381 g/mol. The lowest BCUT2D eigenvalue weighted by Crippen LogP contribution is -2.43. The van der Waals surface area contributed by atoms with Crippen molar-refractivity contribution in [2.24, 2.45) is 0 Å². The molecule has 4 rings (SSSR count). The fourth-order valence-corrected chi connectivity index (χ4v) is 5.94. The number of carbonyl (C=O) groups excluding carboxylic acids is 2. The molecule has 0 spiro atoms. The first kappa shape index (κ1) is 17.7. The number of rotatable bonds is 4. The molecule has 0 radical (unpaired) electrons. The topological polar surface area (TPSA) is 71.5 Å². The van der Waals surface area contributed by atoms with E-state index in [0.717, 1.165) is 0 Å². The molecule has 6 heteroatoms. The van der Waals surface area contributed by atoms with Gasteiger partial charge in [-0.15, -0.1) is 0 Å². The predicted molar refractivity (Wildman–Crippen MR) is 101 cm³/mol. The third-order valence-corrected chi connectivity index (χ3v) is 7.53. The van der Waals surface area contributed by atoms with Gasteiger partial charge in [0.15, 0.2) is 21.4 Å². The van der Waals surface area contributed by atoms with Crippen LogP contribution in [0.4, 0.5) is 0 Å². The van der Waals surface area contributed by atoms with Gasteiger partial charge < -0.3 is 4.90 Å². The summed E-state index contributed by atoms with van der Waals surface area (Å²) < 4.78 is 26.5. The molecule has 0 bridgehead atoms. The molecule has 27 heavy (non-hydrogen) atoms. The molecule has 5 nitrogen and oxygen atoms in total. The lowest BCUT2D eigenvalue weighted by molar-refractivity contribution is -0.116. The first-order chi connectivity index (χ1) is 13.0. The van der Waals surface area contributed by atoms with Crippen LogP contribution in [0.1, 0.15) is 23.2 Å². The molecule has 2 aromatic rings. The molecule has 2 aliphatic heterocycles. The SMILES string of the molecule is O=C1C=CN2[C@H](C1)[C@H](S(=O)(=O)c1ccccc1)C[C@H]2C(=O)c1ccccc1. The monoisotopic (exact) mass is 381 g/mol. The van der Waals surface area contributed by atoms with Crippen LogP contribution >= 0.6 is 0 Å². The van der Waals surface area contributed by atoms with Crippen molar-refractivity contribution in [1.29, 1.82) is 0 Å². The summed E-state index contributed by atoms with van der Waals surface area (Å²) >= 11 is 0. The molecule has 1 saturated heterocycles. The van der Waals surface area contributed by atoms with Gasteiger partial charge in [-0.3, -0.25) is 9.59 Å². The van der Waals surface area contributed by atoms with Gasteiger partial charge in [0, 0.05) is 18.2 Å². The molecule has 0 amide bonds. The van der Waals surface area contributed by atoms with Crippen LogP contribution in [0.2, 0.25) is 0 Å². The van der Waals surface area contributed by atoms with Crippen LogP contribution in [0.25, 0.3) is 0 Å². The third-order valence-electron chi connectivity index (χ3n) is 5.30. The Morgan fingerprint density at radius 1 is 0.963 bits per heavy atom. The number of fused-ring (bicyclic) bond motifs is 1. The minimum Gasteiger partial charge on any atom is -0.362 e. The van der Waals surface area contributed by atoms with E-state index in [2.05, 4.69) is 0 Å². The van der Waals surface area contributed by atoms with Gasteiger partial charge in [-0.1, -0.05) is 48.5 Å². The molecular formula is C21H19NO4S. The summed E-state index contributed by atoms with van der Waals surface area (Å²) in [6.45, 7) is 0. The van der Waals surface area contributed by atoms with Crippen LogP contribution in [0.3, 0.4) is 0 Å². The molecular weight excluding hydrogens is 362 g/mol. The number of sulfone groups is 1. The molecule has 2 aromatic carbocycles. The van der Waals surface area contributed by atoms with Gasteiger partial charge >= 0.3 is 0 Å². The van der Waals surface area contributed by atoms with Crippen LogP contribution in [-0.2, 0) is 14.6 Å². The Hall–Kier alpha value is -2.73. The smallest absolute Gasteiger partial charge is 0.185 e. The third kappa shape index (κ3) is 3.10. The fraction of sp³-hybridized carbons (Fsp3) is 0.238. The highest BCUT2D eigenvalue weighted by atomic mass is 32.2. The Kier molecular flexibility index (Phi) is 4.44. The lowest BCUT2D eigenvalue weighted by Gasteiger charge is -2.31. The molecule has 2 aliphatic rings. The van der Waals surface area contributed by atoms with Gasteiger partial charge in [-0.2, -0.15) is 0 Å². The summed E-state index contributed by atoms with van der Waals surface area (Å²) in [5.41, 5.74) is 0.546. The molecule has 0 unspecified atom stereocenters. The van der Waals surface area contributed by atoms with Crippen LogP contribution in [0, 0.1) is 0 Å². The molecule has 2 heterocycles. The van der Waals surface area contributed by atoms with E-state index in [1.165, 1.54) is 6.08 Å². The van der Waals surface area contributed by atoms with Crippen LogP contribution in [0.5, 0.6) is 0 Å². The zero-order valence-electron chi connectivity index (χ0n) is 14.6. The number of hydrogen-bond acceptors (Lipinski definition) is 5. The first-order valence-corrected chi connectivity index (χ1v) is 10.4. The molecule has 138 valence electrons. The van der Waals surface area contributed by atoms with E-state index in [4.69, 9.17) is 0 Å². The van der Waals surface area contributed by atoms with E-state index in [0.29, 0.717) is 5.56 Å². The van der Waals surface area contributed by atoms with Crippen LogP contribution < -0.4 is 0 Å². The number of allylic oxidation sites excluding steroid dienone is 1. The van der Waals surface area contributed by atoms with Gasteiger partial charge in [0.25, 0.3) is 0 Å². The maximum absolute atomic E-state index is 13.2. The van der Waals surface area contributed by atoms with E-state index in [-0.39, 0.29) is 29.3 Å². The Morgan fingerprint density at radius 2 is 1.59 bits per heavy atom. The Bertz CT molecular complexity index is 999. The van der Waals surface area contributed by atoms with Crippen molar-refractivity contribution >= 4 is 21.4 Å². The number of hydrogen-bond donors (Lipinski definition) is 0. The second-order valence-corrected chi connectivity index (χ2v) is 9.05. The fourth-order valence-electron chi connectivity index (χ4n) is 3.97. The van der Waals surface area contributed by atoms with Crippen molar-refractivity contribution in [3.05, 3.63) is 78.5 Å². The molecule has 1 fully saturated rings. The number of Topliss-reactive ketones (excluding diaryl/α,β-unsaturated/α-hetero) is 1. The molecule has 0 saturated carbocycles. The van der Waals surface area contributed by atoms with Crippen molar-refractivity contribution in [3.8, 4) is 0 Å². The van der Waals surface area contributed by atoms with Crippen molar-refractivity contribution in [2.45, 2.75) is 35.1 Å². The Labute approximate surface area is 158 Å². The average Bonchev–Trinajstić information content (AvgIpc) is 3.08. The number of carbonyl (C=O) groups is 2. The van der Waals surface area contributed by atoms with Gasteiger partial charge in [0.2, 0.25) is 0 Å². The number of nitrogens with zero attached hydrogens (tertiary/aromatic N) is 1. The summed E-state index contributed by atoms with van der Waals surface area (Å²) in [7, 11) is -3.66. The van der Waals surface area contributed by atoms with Crippen LogP contribution in [0.15, 0.2) is 77.8 Å². The molecule has 0 aromatic heterocycles. The van der Waals surface area contributed by atoms with E-state index in [1.807, 2.05) is 6.07 Å². The summed E-state index contributed by atoms with van der Waals surface area (Å²) in [4.78, 5) is 27.0. The predicted octanol–water partition coefficient (Wildman–Crippen LogP) is 2.64. The van der Waals surface area contributed by atoms with Crippen molar-refractivity contribution in [1.82, 2.24) is 4.90 Å². The van der Waals surface area contributed by atoms with Crippen molar-refractivity contribution < 1.29 is 18.0 Å². The van der Waals surface area contributed by atoms with Crippen LogP contribution in [-0.4, -0.2) is 42.2 Å². The Morgan fingerprint density at radius 3 is 2.26 bits per heavy atom. The standard InChI is InChI=1S/C21H19NO4S/c23-16-11-12-22-18(13-16)20(27(25,26)17-9-5-2-6-10-17)14-19(22)21(24)15-7-3-1-4-8-15/h1-12,18-20H,13-14H2/t18-,19+,20-/m1/s1. The highest BCUT2D eigenvalue weighted by Crippen LogP contribution is 2.38. The number of ketones is 2. The van der Waals surface area contributed by atoms with Crippen molar-refractivity contribution in [3.63, 3.8) is 0 Å². The quantitative estimate of drug-likeness (QED) is 0.762. The Balaban J connectivity index is 1.73. The number of benzene rings is 2. The molecule has 3 atom stereocenters. The second kappa shape index (κ2) is 6.78. The van der Waals surface area contributed by atoms with E-state index >= 15 is 0 Å². The van der Waals surface area contributed by atoms with Crippen molar-refractivity contribution in [2.75, 3.05) is 0 Å². The van der Waals surface area contributed by atoms with Gasteiger partial charge in [-0.05, 0) is 24.6 Å². The highest BCUT2D eigenvalue weighted by Gasteiger charge is 2.50. The minimum atomic E-state index is -3.66. The zero-order chi connectivity index (χ0) is 19.0. The van der Waals surface area contributed by atoms with Gasteiger partial charge in [0.05, 0.1) is 22.2 Å². The normalized spacial score (nSPS) is 24.7. The van der Waals surface area contributed by atoms with E-state index in [9.17, 15) is 18.0 Å².